The Labute approximate surface area is 168 Å². The molecule has 0 fully saturated rings. The molecule has 0 aliphatic rings. The van der Waals surface area contributed by atoms with E-state index in [0.29, 0.717) is 0 Å². The third-order valence-corrected chi connectivity index (χ3v) is 4.33. The van der Waals surface area contributed by atoms with E-state index >= 15 is 0 Å². The van der Waals surface area contributed by atoms with Gasteiger partial charge in [-0.15, -0.1) is 0 Å². The summed E-state index contributed by atoms with van der Waals surface area (Å²) in [5, 5.41) is 2.16. The molecule has 1 aromatic carbocycles. The molecule has 2 aromatic rings. The maximum Gasteiger partial charge on any atom is 1.00 e. The number of nitrogens with zero attached hydrogens (tertiary/aromatic N) is 3. The number of hydrogen-bond donors (Lipinski definition) is 2. The van der Waals surface area contributed by atoms with Gasteiger partial charge in [0.25, 0.3) is 10.0 Å². The fourth-order valence-corrected chi connectivity index (χ4v) is 2.99. The van der Waals surface area contributed by atoms with Crippen molar-refractivity contribution in [3.8, 4) is 6.01 Å². The number of aryl methyl sites for hydroxylation is 1. The monoisotopic (exact) mass is 389 g/mol. The number of ether oxygens (including phenoxy) is 2. The van der Waals surface area contributed by atoms with Gasteiger partial charge in [-0.1, -0.05) is 12.1 Å². The molecule has 13 heteroatoms. The van der Waals surface area contributed by atoms with Crippen LogP contribution in [0.15, 0.2) is 29.2 Å². The average molecular weight is 389 g/mol. The second kappa shape index (κ2) is 9.31. The van der Waals surface area contributed by atoms with Gasteiger partial charge in [0.1, 0.15) is 10.7 Å². The molecule has 0 spiro atoms. The summed E-state index contributed by atoms with van der Waals surface area (Å²) in [6, 6.07) is 4.12. The Morgan fingerprint density at radius 1 is 1.11 bits per heavy atom. The van der Waals surface area contributed by atoms with Gasteiger partial charge in [-0.25, -0.2) is 22.7 Å². The molecule has 0 saturated carbocycles. The molecule has 0 aliphatic heterocycles. The molecular weight excluding hydrogens is 373 g/mol. The Morgan fingerprint density at radius 2 is 1.78 bits per heavy atom. The van der Waals surface area contributed by atoms with Crippen LogP contribution < -0.4 is 33.6 Å². The van der Waals surface area contributed by atoms with Gasteiger partial charge in [-0.2, -0.15) is 15.0 Å². The zero-order valence-electron chi connectivity index (χ0n) is 16.0. The maximum atomic E-state index is 12.4. The van der Waals surface area contributed by atoms with E-state index in [2.05, 4.69) is 25.0 Å². The van der Waals surface area contributed by atoms with Gasteiger partial charge in [0.05, 0.1) is 19.8 Å². The van der Waals surface area contributed by atoms with Gasteiger partial charge >= 0.3 is 36.9 Å². The molecule has 0 atom stereocenters. The molecule has 1 aromatic heterocycles. The minimum atomic E-state index is -4.36. The third kappa shape index (κ3) is 5.65. The molecule has 1 heterocycles. The van der Waals surface area contributed by atoms with E-state index < -0.39 is 26.9 Å². The zero-order chi connectivity index (χ0) is 19.3. The Bertz CT molecular complexity index is 959. The zero-order valence-corrected chi connectivity index (χ0v) is 15.8. The van der Waals surface area contributed by atoms with Crippen molar-refractivity contribution in [2.75, 3.05) is 19.5 Å². The second-order valence-corrected chi connectivity index (χ2v) is 6.39. The molecular formula is C14H16LiN5O6S. The Kier molecular flexibility index (Phi) is 7.71. The first-order valence-electron chi connectivity index (χ1n) is 7.04. The molecule has 0 bridgehead atoms. The van der Waals surface area contributed by atoms with Crippen molar-refractivity contribution >= 4 is 28.0 Å². The van der Waals surface area contributed by atoms with Gasteiger partial charge in [-0.05, 0) is 19.1 Å². The Balaban J connectivity index is 0.00000364. The number of anilines is 1. The van der Waals surface area contributed by atoms with Crippen LogP contribution in [0.2, 0.25) is 0 Å². The van der Waals surface area contributed by atoms with E-state index in [9.17, 15) is 18.0 Å². The number of urea groups is 1. The largest absolute Gasteiger partial charge is 1.00 e. The number of nitrogens with one attached hydrogen (secondary N) is 2. The molecule has 11 nitrogen and oxygen atoms in total. The van der Waals surface area contributed by atoms with Crippen LogP contribution >= 0.6 is 0 Å². The molecule has 2 rings (SSSR count). The fourth-order valence-electron chi connectivity index (χ4n) is 1.89. The average Bonchev–Trinajstić information content (AvgIpc) is 2.59. The van der Waals surface area contributed by atoms with Crippen LogP contribution in [0.1, 0.15) is 17.6 Å². The van der Waals surface area contributed by atoms with Crippen LogP contribution in [-0.2, 0) is 14.8 Å². The fraction of sp³-hybridized carbons (Fsp3) is 0.214. The van der Waals surface area contributed by atoms with Crippen LogP contribution in [0.4, 0.5) is 10.7 Å². The number of sulfonamides is 1. The molecule has 27 heavy (non-hydrogen) atoms. The quantitative estimate of drug-likeness (QED) is 0.421. The summed E-state index contributed by atoms with van der Waals surface area (Å²) in [6.45, 7) is 1.54. The molecule has 0 radical (unpaired) electrons. The second-order valence-electron chi connectivity index (χ2n) is 4.74. The summed E-state index contributed by atoms with van der Waals surface area (Å²) in [6.07, 6.45) is 0. The minimum absolute atomic E-state index is 0. The summed E-state index contributed by atoms with van der Waals surface area (Å²) in [4.78, 5) is 34.7. The molecule has 2 amide bonds. The van der Waals surface area contributed by atoms with Crippen LogP contribution in [-0.4, -0.2) is 49.6 Å². The van der Waals surface area contributed by atoms with E-state index in [4.69, 9.17) is 4.74 Å². The van der Waals surface area contributed by atoms with E-state index in [-0.39, 0.29) is 43.6 Å². The summed E-state index contributed by atoms with van der Waals surface area (Å²) in [7, 11) is -1.92. The van der Waals surface area contributed by atoms with E-state index in [1.807, 2.05) is 0 Å². The SMILES string of the molecule is COC(=O)c1ccccc1S(=O)(=O)NC(=O)Nc1nc(C)nc(OC)n1.[H-].[Li+]. The first-order chi connectivity index (χ1) is 12.3. The number of rotatable bonds is 5. The third-order valence-electron chi connectivity index (χ3n) is 2.94. The molecule has 0 aliphatic carbocycles. The molecule has 0 unspecified atom stereocenters. The number of carbonyl (C=O) groups excluding carboxylic acids is 2. The van der Waals surface area contributed by atoms with Crippen molar-refractivity contribution < 1.29 is 47.8 Å². The molecule has 0 saturated heterocycles. The van der Waals surface area contributed by atoms with Gasteiger partial charge < -0.3 is 10.9 Å². The summed E-state index contributed by atoms with van der Waals surface area (Å²) in [5.74, 6) is -0.807. The van der Waals surface area contributed by atoms with E-state index in [0.717, 1.165) is 13.2 Å². The van der Waals surface area contributed by atoms with Crippen LogP contribution in [0.3, 0.4) is 0 Å². The van der Waals surface area contributed by atoms with Crippen molar-refractivity contribution in [3.05, 3.63) is 35.7 Å². The topological polar surface area (TPSA) is 149 Å². The summed E-state index contributed by atoms with van der Waals surface area (Å²) < 4.78 is 36.0. The van der Waals surface area contributed by atoms with Crippen molar-refractivity contribution in [2.45, 2.75) is 11.8 Å². The van der Waals surface area contributed by atoms with Crippen LogP contribution in [0.5, 0.6) is 6.01 Å². The number of benzene rings is 1. The van der Waals surface area contributed by atoms with Gasteiger partial charge in [0.2, 0.25) is 5.95 Å². The van der Waals surface area contributed by atoms with Crippen molar-refractivity contribution in [3.63, 3.8) is 0 Å². The van der Waals surface area contributed by atoms with Crippen molar-refractivity contribution in [1.29, 1.82) is 0 Å². The predicted octanol–water partition coefficient (Wildman–Crippen LogP) is -2.40. The predicted molar refractivity (Wildman–Crippen MR) is 89.3 cm³/mol. The number of aromatic nitrogens is 3. The summed E-state index contributed by atoms with van der Waals surface area (Å²) >= 11 is 0. The van der Waals surface area contributed by atoms with E-state index in [1.165, 1.54) is 32.2 Å². The van der Waals surface area contributed by atoms with Crippen molar-refractivity contribution in [1.82, 2.24) is 19.7 Å². The van der Waals surface area contributed by atoms with Gasteiger partial charge in [0.15, 0.2) is 0 Å². The molecule has 2 N–H and O–H groups in total. The smallest absolute Gasteiger partial charge is 1.00 e. The minimum Gasteiger partial charge on any atom is -1.00 e. The number of methoxy groups -OCH3 is 2. The number of amides is 2. The van der Waals surface area contributed by atoms with Crippen LogP contribution in [0.25, 0.3) is 0 Å². The standard InChI is InChI=1S/C14H15N5O6S.Li.H/c1-8-15-12(18-14(16-8)25-3)17-13(21)19-26(22,23)10-7-5-4-6-9(10)11(20)24-2;;/h4-7H,1-3H3,(H2,15,16,17,18,19,21);;/q;+1;-1. The summed E-state index contributed by atoms with van der Waals surface area (Å²) in [5.41, 5.74) is -0.215. The Morgan fingerprint density at radius 3 is 2.41 bits per heavy atom. The number of carbonyl (C=O) groups is 2. The van der Waals surface area contributed by atoms with Gasteiger partial charge in [-0.3, -0.25) is 5.32 Å². The number of esters is 1. The number of hydrogen-bond acceptors (Lipinski definition) is 9. The van der Waals surface area contributed by atoms with Crippen LogP contribution in [0, 0.1) is 6.92 Å². The van der Waals surface area contributed by atoms with E-state index in [1.54, 1.807) is 4.72 Å². The van der Waals surface area contributed by atoms with Gasteiger partial charge in [0, 0.05) is 0 Å². The first-order valence-corrected chi connectivity index (χ1v) is 8.53. The normalized spacial score (nSPS) is 10.3. The Hall–Kier alpha value is -2.68. The first kappa shape index (κ1) is 22.4. The van der Waals surface area contributed by atoms with Crippen molar-refractivity contribution in [2.24, 2.45) is 0 Å². The maximum absolute atomic E-state index is 12.4. The molecule has 140 valence electrons.